The molecule has 2 aliphatic rings. The van der Waals surface area contributed by atoms with Gasteiger partial charge in [-0.2, -0.15) is 13.2 Å². The molecule has 1 N–H and O–H groups in total. The average molecular weight is 405 g/mol. The molecule has 6 heteroatoms. The first-order valence-electron chi connectivity index (χ1n) is 9.62. The molecule has 1 fully saturated rings. The van der Waals surface area contributed by atoms with Crippen molar-refractivity contribution in [3.8, 4) is 0 Å². The van der Waals surface area contributed by atoms with Crippen molar-refractivity contribution in [2.75, 3.05) is 5.32 Å². The molecule has 0 spiro atoms. The van der Waals surface area contributed by atoms with Crippen LogP contribution in [0.15, 0.2) is 46.2 Å². The number of halogens is 3. The van der Waals surface area contributed by atoms with Crippen LogP contribution in [0.1, 0.15) is 49.3 Å². The number of carbonyl (C=O) groups excluding carboxylic acids is 1. The predicted octanol–water partition coefficient (Wildman–Crippen LogP) is 6.53. The third-order valence-electron chi connectivity index (χ3n) is 5.66. The van der Waals surface area contributed by atoms with E-state index in [1.54, 1.807) is 0 Å². The molecular formula is C22H22F3NOS. The van der Waals surface area contributed by atoms with Crippen LogP contribution in [0.25, 0.3) is 0 Å². The molecule has 2 aromatic carbocycles. The van der Waals surface area contributed by atoms with Gasteiger partial charge in [-0.15, -0.1) is 0 Å². The molecule has 28 heavy (non-hydrogen) atoms. The van der Waals surface area contributed by atoms with Crippen molar-refractivity contribution in [3.63, 3.8) is 0 Å². The average Bonchev–Trinajstić information content (AvgIpc) is 2.65. The zero-order valence-corrected chi connectivity index (χ0v) is 16.4. The summed E-state index contributed by atoms with van der Waals surface area (Å²) < 4.78 is 40.4. The molecule has 1 saturated carbocycles. The van der Waals surface area contributed by atoms with E-state index in [0.717, 1.165) is 47.8 Å². The number of amides is 1. The van der Waals surface area contributed by atoms with Crippen LogP contribution < -0.4 is 5.32 Å². The van der Waals surface area contributed by atoms with Crippen molar-refractivity contribution in [1.29, 1.82) is 0 Å². The maximum atomic E-state index is 13.5. The van der Waals surface area contributed by atoms with E-state index in [1.807, 2.05) is 24.3 Å². The number of hydrogen-bond acceptors (Lipinski definition) is 2. The first-order valence-corrected chi connectivity index (χ1v) is 10.4. The van der Waals surface area contributed by atoms with Crippen molar-refractivity contribution in [2.45, 2.75) is 55.0 Å². The van der Waals surface area contributed by atoms with Crippen molar-refractivity contribution >= 4 is 23.4 Å². The lowest BCUT2D eigenvalue weighted by Crippen LogP contribution is -2.28. The van der Waals surface area contributed by atoms with Crippen molar-refractivity contribution in [1.82, 2.24) is 0 Å². The molecule has 1 heterocycles. The zero-order chi connectivity index (χ0) is 19.9. The molecule has 1 aliphatic heterocycles. The van der Waals surface area contributed by atoms with E-state index in [2.05, 4.69) is 12.2 Å². The molecule has 148 valence electrons. The lowest BCUT2D eigenvalue weighted by Gasteiger charge is -2.28. The minimum atomic E-state index is -4.45. The summed E-state index contributed by atoms with van der Waals surface area (Å²) in [7, 11) is 0. The van der Waals surface area contributed by atoms with Crippen LogP contribution >= 0.6 is 11.8 Å². The molecule has 0 radical (unpaired) electrons. The van der Waals surface area contributed by atoms with E-state index in [9.17, 15) is 18.0 Å². The van der Waals surface area contributed by atoms with Gasteiger partial charge >= 0.3 is 6.18 Å². The summed E-state index contributed by atoms with van der Waals surface area (Å²) >= 11 is 1.34. The fourth-order valence-electron chi connectivity index (χ4n) is 4.16. The minimum Gasteiger partial charge on any atom is -0.326 e. The highest BCUT2D eigenvalue weighted by atomic mass is 32.2. The predicted molar refractivity (Wildman–Crippen MR) is 105 cm³/mol. The van der Waals surface area contributed by atoms with Gasteiger partial charge in [0.05, 0.1) is 5.56 Å². The summed E-state index contributed by atoms with van der Waals surface area (Å²) in [6.45, 7) is 2.12. The van der Waals surface area contributed by atoms with Crippen LogP contribution in [0.2, 0.25) is 0 Å². The second kappa shape index (κ2) is 7.47. The van der Waals surface area contributed by atoms with E-state index in [-0.39, 0.29) is 11.8 Å². The number of fused-ring (bicyclic) bond motifs is 2. The van der Waals surface area contributed by atoms with E-state index in [0.29, 0.717) is 22.9 Å². The Morgan fingerprint density at radius 1 is 1.14 bits per heavy atom. The lowest BCUT2D eigenvalue weighted by atomic mass is 9.82. The zero-order valence-electron chi connectivity index (χ0n) is 15.6. The minimum absolute atomic E-state index is 0.127. The molecule has 2 aromatic rings. The molecule has 0 unspecified atom stereocenters. The van der Waals surface area contributed by atoms with Gasteiger partial charge in [-0.1, -0.05) is 49.7 Å². The Balaban J connectivity index is 1.69. The number of benzene rings is 2. The maximum Gasteiger partial charge on any atom is 0.416 e. The molecule has 4 rings (SSSR count). The summed E-state index contributed by atoms with van der Waals surface area (Å²) in [4.78, 5) is 14.3. The van der Waals surface area contributed by atoms with Gasteiger partial charge in [0, 0.05) is 27.8 Å². The number of hydrogen-bond donors (Lipinski definition) is 1. The van der Waals surface area contributed by atoms with Crippen molar-refractivity contribution in [2.24, 2.45) is 11.8 Å². The third-order valence-corrected chi connectivity index (χ3v) is 6.86. The molecule has 0 aromatic heterocycles. The quantitative estimate of drug-likeness (QED) is 0.525. The van der Waals surface area contributed by atoms with Crippen LogP contribution in [-0.2, 0) is 17.4 Å². The molecule has 0 bridgehead atoms. The van der Waals surface area contributed by atoms with E-state index < -0.39 is 11.7 Å². The normalized spacial score (nSPS) is 21.6. The van der Waals surface area contributed by atoms with Crippen LogP contribution in [0.3, 0.4) is 0 Å². The number of nitrogens with one attached hydrogen (secondary N) is 1. The second-order valence-corrected chi connectivity index (χ2v) is 8.93. The SMILES string of the molecule is C[C@@H]1CCC[C@H](C(=O)Nc2cc(C(F)(F)F)cc3c2Cc2ccccc2S3)C1. The van der Waals surface area contributed by atoms with Crippen LogP contribution in [0.5, 0.6) is 0 Å². The summed E-state index contributed by atoms with van der Waals surface area (Å²) in [5, 5.41) is 2.85. The molecule has 2 atom stereocenters. The Bertz CT molecular complexity index is 909. The fourth-order valence-corrected chi connectivity index (χ4v) is 5.31. The highest BCUT2D eigenvalue weighted by Crippen LogP contribution is 2.45. The first-order chi connectivity index (χ1) is 13.3. The summed E-state index contributed by atoms with van der Waals surface area (Å²) in [6, 6.07) is 10.0. The van der Waals surface area contributed by atoms with Gasteiger partial charge in [0.2, 0.25) is 5.91 Å². The smallest absolute Gasteiger partial charge is 0.326 e. The Morgan fingerprint density at radius 2 is 1.93 bits per heavy atom. The van der Waals surface area contributed by atoms with E-state index >= 15 is 0 Å². The third kappa shape index (κ3) is 3.93. The van der Waals surface area contributed by atoms with Crippen molar-refractivity contribution < 1.29 is 18.0 Å². The molecular weight excluding hydrogens is 383 g/mol. The van der Waals surface area contributed by atoms with Crippen LogP contribution in [0.4, 0.5) is 18.9 Å². The Morgan fingerprint density at radius 3 is 2.68 bits per heavy atom. The summed E-state index contributed by atoms with van der Waals surface area (Å²) in [6.07, 6.45) is -0.239. The number of alkyl halides is 3. The van der Waals surface area contributed by atoms with Gasteiger partial charge in [0.1, 0.15) is 0 Å². The van der Waals surface area contributed by atoms with Gasteiger partial charge in [-0.25, -0.2) is 0 Å². The fraction of sp³-hybridized carbons (Fsp3) is 0.409. The first kappa shape index (κ1) is 19.4. The molecule has 0 saturated heterocycles. The second-order valence-electron chi connectivity index (χ2n) is 7.84. The topological polar surface area (TPSA) is 29.1 Å². The van der Waals surface area contributed by atoms with Gasteiger partial charge in [0.15, 0.2) is 0 Å². The van der Waals surface area contributed by atoms with Crippen LogP contribution in [-0.4, -0.2) is 5.91 Å². The Labute approximate surface area is 166 Å². The Kier molecular flexibility index (Phi) is 5.17. The molecule has 1 amide bonds. The number of anilines is 1. The number of rotatable bonds is 2. The monoisotopic (exact) mass is 405 g/mol. The summed E-state index contributed by atoms with van der Waals surface area (Å²) in [5.41, 5.74) is 1.43. The van der Waals surface area contributed by atoms with Crippen molar-refractivity contribution in [3.05, 3.63) is 53.1 Å². The maximum absolute atomic E-state index is 13.5. The van der Waals surface area contributed by atoms with Crippen LogP contribution in [0, 0.1) is 11.8 Å². The van der Waals surface area contributed by atoms with Gasteiger partial charge < -0.3 is 5.32 Å². The summed E-state index contributed by atoms with van der Waals surface area (Å²) in [5.74, 6) is 0.191. The largest absolute Gasteiger partial charge is 0.416 e. The number of carbonyl (C=O) groups is 1. The molecule has 1 aliphatic carbocycles. The Hall–Kier alpha value is -1.95. The van der Waals surface area contributed by atoms with Gasteiger partial charge in [0.25, 0.3) is 0 Å². The van der Waals surface area contributed by atoms with Gasteiger partial charge in [-0.05, 0) is 48.1 Å². The van der Waals surface area contributed by atoms with Gasteiger partial charge in [-0.3, -0.25) is 4.79 Å². The van der Waals surface area contributed by atoms with E-state index in [1.165, 1.54) is 17.8 Å². The highest BCUT2D eigenvalue weighted by molar-refractivity contribution is 7.99. The standard InChI is InChI=1S/C22H22F3NOS/c1-13-5-4-7-15(9-13)21(27)26-18-11-16(22(23,24)25)12-20-17(18)10-14-6-2-3-8-19(14)28-20/h2-3,6,8,11-13,15H,4-5,7,9-10H2,1H3,(H,26,27)/t13-,15+/m1/s1. The molecule has 2 nitrogen and oxygen atoms in total. The highest BCUT2D eigenvalue weighted by Gasteiger charge is 2.34. The van der Waals surface area contributed by atoms with E-state index in [4.69, 9.17) is 0 Å². The lowest BCUT2D eigenvalue weighted by molar-refractivity contribution is -0.137.